The summed E-state index contributed by atoms with van der Waals surface area (Å²) in [7, 11) is 0. The highest BCUT2D eigenvalue weighted by Gasteiger charge is 2.38. The maximum Gasteiger partial charge on any atom is -0.0380 e. The van der Waals surface area contributed by atoms with Crippen molar-refractivity contribution >= 4 is 0 Å². The molecule has 6 atom stereocenters. The standard InChI is InChI=1S/C16H30/c1-10-6-15-8-11(2)13(4)14(5)12(3)9-16(15)7-10/h10-16H,6-9H2,1-5H3. The monoisotopic (exact) mass is 222 g/mol. The first-order valence-corrected chi connectivity index (χ1v) is 7.49. The Morgan fingerprint density at radius 1 is 0.562 bits per heavy atom. The third-order valence-corrected chi connectivity index (χ3v) is 6.05. The van der Waals surface area contributed by atoms with E-state index in [1.54, 1.807) is 0 Å². The van der Waals surface area contributed by atoms with Crippen molar-refractivity contribution in [1.82, 2.24) is 0 Å². The van der Waals surface area contributed by atoms with Gasteiger partial charge in [-0.25, -0.2) is 0 Å². The summed E-state index contributed by atoms with van der Waals surface area (Å²) in [5.41, 5.74) is 0. The zero-order valence-electron chi connectivity index (χ0n) is 11.9. The highest BCUT2D eigenvalue weighted by atomic mass is 14.4. The van der Waals surface area contributed by atoms with Gasteiger partial charge in [0.1, 0.15) is 0 Å². The molecule has 0 aliphatic heterocycles. The predicted octanol–water partition coefficient (Wildman–Crippen LogP) is 4.99. The van der Waals surface area contributed by atoms with Crippen LogP contribution in [-0.2, 0) is 0 Å². The number of hydrogen-bond donors (Lipinski definition) is 0. The maximum atomic E-state index is 2.50. The van der Waals surface area contributed by atoms with Gasteiger partial charge in [0.05, 0.1) is 0 Å². The molecular formula is C16H30. The first-order chi connectivity index (χ1) is 7.49. The van der Waals surface area contributed by atoms with E-state index in [2.05, 4.69) is 34.6 Å². The van der Waals surface area contributed by atoms with Crippen molar-refractivity contribution in [1.29, 1.82) is 0 Å². The summed E-state index contributed by atoms with van der Waals surface area (Å²) in [4.78, 5) is 0. The highest BCUT2D eigenvalue weighted by Crippen LogP contribution is 2.48. The SMILES string of the molecule is CC1CC2CC(C)C(C)C(C)C(C)CC2C1. The minimum absolute atomic E-state index is 0.923. The van der Waals surface area contributed by atoms with Crippen LogP contribution in [0.5, 0.6) is 0 Å². The molecule has 0 radical (unpaired) electrons. The number of fused-ring (bicyclic) bond motifs is 1. The van der Waals surface area contributed by atoms with E-state index in [1.165, 1.54) is 25.7 Å². The second kappa shape index (κ2) is 4.70. The van der Waals surface area contributed by atoms with E-state index in [9.17, 15) is 0 Å². The van der Waals surface area contributed by atoms with Crippen molar-refractivity contribution in [2.45, 2.75) is 60.3 Å². The van der Waals surface area contributed by atoms with Gasteiger partial charge < -0.3 is 0 Å². The summed E-state index contributed by atoms with van der Waals surface area (Å²) in [6, 6.07) is 0. The Kier molecular flexibility index (Phi) is 3.66. The topological polar surface area (TPSA) is 0 Å². The van der Waals surface area contributed by atoms with Gasteiger partial charge in [-0.3, -0.25) is 0 Å². The molecule has 0 aromatic rings. The second-order valence-corrected chi connectivity index (χ2v) is 7.24. The van der Waals surface area contributed by atoms with E-state index in [1.807, 2.05) is 0 Å². The Morgan fingerprint density at radius 2 is 0.938 bits per heavy atom. The van der Waals surface area contributed by atoms with Crippen molar-refractivity contribution in [3.8, 4) is 0 Å². The Balaban J connectivity index is 2.11. The van der Waals surface area contributed by atoms with E-state index in [4.69, 9.17) is 0 Å². The van der Waals surface area contributed by atoms with Crippen LogP contribution < -0.4 is 0 Å². The predicted molar refractivity (Wildman–Crippen MR) is 71.3 cm³/mol. The third-order valence-electron chi connectivity index (χ3n) is 6.05. The molecule has 6 unspecified atom stereocenters. The van der Waals surface area contributed by atoms with Gasteiger partial charge in [-0.2, -0.15) is 0 Å². The maximum absolute atomic E-state index is 2.50. The zero-order valence-corrected chi connectivity index (χ0v) is 11.9. The average Bonchev–Trinajstić information content (AvgIpc) is 2.55. The minimum atomic E-state index is 0.923. The van der Waals surface area contributed by atoms with E-state index in [0.717, 1.165) is 41.4 Å². The molecule has 0 nitrogen and oxygen atoms in total. The molecule has 0 amide bonds. The van der Waals surface area contributed by atoms with Gasteiger partial charge in [0, 0.05) is 0 Å². The van der Waals surface area contributed by atoms with Gasteiger partial charge in [0.15, 0.2) is 0 Å². The molecule has 0 spiro atoms. The zero-order chi connectivity index (χ0) is 11.9. The molecule has 2 saturated carbocycles. The third kappa shape index (κ3) is 2.31. The summed E-state index contributed by atoms with van der Waals surface area (Å²) in [6.07, 6.45) is 6.05. The van der Waals surface area contributed by atoms with E-state index in [0.29, 0.717) is 0 Å². The molecule has 2 fully saturated rings. The van der Waals surface area contributed by atoms with Crippen molar-refractivity contribution in [3.05, 3.63) is 0 Å². The van der Waals surface area contributed by atoms with Crippen LogP contribution in [0, 0.1) is 41.4 Å². The minimum Gasteiger partial charge on any atom is -0.0625 e. The molecule has 2 aliphatic carbocycles. The van der Waals surface area contributed by atoms with Gasteiger partial charge in [0.2, 0.25) is 0 Å². The molecule has 16 heavy (non-hydrogen) atoms. The lowest BCUT2D eigenvalue weighted by atomic mass is 9.68. The van der Waals surface area contributed by atoms with Gasteiger partial charge in [0.25, 0.3) is 0 Å². The Bertz CT molecular complexity index is 208. The molecule has 0 aromatic carbocycles. The second-order valence-electron chi connectivity index (χ2n) is 7.24. The quantitative estimate of drug-likeness (QED) is 0.542. The molecule has 0 heterocycles. The van der Waals surface area contributed by atoms with Crippen LogP contribution in [0.3, 0.4) is 0 Å². The summed E-state index contributed by atoms with van der Waals surface area (Å²) >= 11 is 0. The van der Waals surface area contributed by atoms with Crippen LogP contribution in [0.1, 0.15) is 60.3 Å². The van der Waals surface area contributed by atoms with Crippen molar-refractivity contribution in [2.75, 3.05) is 0 Å². The van der Waals surface area contributed by atoms with Crippen molar-refractivity contribution in [3.63, 3.8) is 0 Å². The Labute approximate surface area is 102 Å². The summed E-state index contributed by atoms with van der Waals surface area (Å²) in [5.74, 6) is 6.84. The fourth-order valence-electron chi connectivity index (χ4n) is 4.51. The number of hydrogen-bond acceptors (Lipinski definition) is 0. The molecule has 0 aromatic heterocycles. The summed E-state index contributed by atoms with van der Waals surface area (Å²) in [6.45, 7) is 12.4. The van der Waals surface area contributed by atoms with E-state index < -0.39 is 0 Å². The van der Waals surface area contributed by atoms with Gasteiger partial charge in [-0.1, -0.05) is 34.6 Å². The Morgan fingerprint density at radius 3 is 1.31 bits per heavy atom. The lowest BCUT2D eigenvalue weighted by Gasteiger charge is -2.38. The molecule has 0 saturated heterocycles. The molecule has 0 bridgehead atoms. The van der Waals surface area contributed by atoms with Crippen LogP contribution in [0.25, 0.3) is 0 Å². The van der Waals surface area contributed by atoms with Crippen LogP contribution in [-0.4, -0.2) is 0 Å². The van der Waals surface area contributed by atoms with Crippen LogP contribution >= 0.6 is 0 Å². The average molecular weight is 222 g/mol. The molecule has 2 aliphatic rings. The smallest absolute Gasteiger partial charge is 0.0380 e. The van der Waals surface area contributed by atoms with E-state index >= 15 is 0 Å². The fourth-order valence-corrected chi connectivity index (χ4v) is 4.51. The van der Waals surface area contributed by atoms with Crippen LogP contribution in [0.15, 0.2) is 0 Å². The normalized spacial score (nSPS) is 54.2. The first-order valence-electron chi connectivity index (χ1n) is 7.49. The lowest BCUT2D eigenvalue weighted by Crippen LogP contribution is -2.30. The molecular weight excluding hydrogens is 192 g/mol. The highest BCUT2D eigenvalue weighted by molar-refractivity contribution is 4.88. The number of rotatable bonds is 0. The van der Waals surface area contributed by atoms with Crippen LogP contribution in [0.4, 0.5) is 0 Å². The van der Waals surface area contributed by atoms with Gasteiger partial charge >= 0.3 is 0 Å². The largest absolute Gasteiger partial charge is 0.0625 e. The molecule has 2 rings (SSSR count). The summed E-state index contributed by atoms with van der Waals surface area (Å²) < 4.78 is 0. The molecule has 94 valence electrons. The van der Waals surface area contributed by atoms with Crippen molar-refractivity contribution < 1.29 is 0 Å². The first kappa shape index (κ1) is 12.5. The molecule has 0 heteroatoms. The van der Waals surface area contributed by atoms with Crippen LogP contribution in [0.2, 0.25) is 0 Å². The van der Waals surface area contributed by atoms with Crippen molar-refractivity contribution in [2.24, 2.45) is 41.4 Å². The molecule has 0 N–H and O–H groups in total. The lowest BCUT2D eigenvalue weighted by molar-refractivity contribution is 0.117. The van der Waals surface area contributed by atoms with Gasteiger partial charge in [-0.05, 0) is 67.1 Å². The van der Waals surface area contributed by atoms with E-state index in [-0.39, 0.29) is 0 Å². The van der Waals surface area contributed by atoms with Gasteiger partial charge in [-0.15, -0.1) is 0 Å². The Hall–Kier alpha value is 0. The summed E-state index contributed by atoms with van der Waals surface area (Å²) in [5, 5.41) is 0. The fraction of sp³-hybridized carbons (Fsp3) is 1.00.